The summed E-state index contributed by atoms with van der Waals surface area (Å²) < 4.78 is 18.0. The third-order valence-corrected chi connectivity index (χ3v) is 6.54. The number of aromatic nitrogens is 2. The van der Waals surface area contributed by atoms with Gasteiger partial charge < -0.3 is 13.9 Å². The molecule has 10 nitrogen and oxygen atoms in total. The summed E-state index contributed by atoms with van der Waals surface area (Å²) in [4.78, 5) is 38.5. The molecule has 5 rings (SSSR count). The van der Waals surface area contributed by atoms with Crippen molar-refractivity contribution in [3.63, 3.8) is 0 Å². The molecule has 2 aromatic carbocycles. The van der Waals surface area contributed by atoms with Crippen molar-refractivity contribution in [3.8, 4) is 23.2 Å². The fourth-order valence-corrected chi connectivity index (χ4v) is 4.49. The zero-order valence-electron chi connectivity index (χ0n) is 22.5. The van der Waals surface area contributed by atoms with Crippen molar-refractivity contribution in [1.82, 2.24) is 14.7 Å². The van der Waals surface area contributed by atoms with E-state index >= 15 is 0 Å². The van der Waals surface area contributed by atoms with Gasteiger partial charge in [0.15, 0.2) is 5.76 Å². The van der Waals surface area contributed by atoms with E-state index in [0.29, 0.717) is 22.6 Å². The van der Waals surface area contributed by atoms with Gasteiger partial charge in [0.05, 0.1) is 25.4 Å². The SMILES string of the molecule is CC(=O)OCCOCCN1C(=O)C(C#N)=C(C)/C(=C\c2cn(-c3ccccc3)nc2-c2cc3ccccc3o2)C1=O. The average Bonchev–Trinajstić information content (AvgIpc) is 3.59. The van der Waals surface area contributed by atoms with E-state index in [2.05, 4.69) is 0 Å². The van der Waals surface area contributed by atoms with Gasteiger partial charge in [-0.3, -0.25) is 19.3 Å². The Morgan fingerprint density at radius 1 is 1.05 bits per heavy atom. The Morgan fingerprint density at radius 2 is 1.80 bits per heavy atom. The molecule has 0 aliphatic carbocycles. The minimum absolute atomic E-state index is 0.0138. The molecule has 0 atom stereocenters. The van der Waals surface area contributed by atoms with Gasteiger partial charge >= 0.3 is 5.97 Å². The molecule has 0 fully saturated rings. The number of para-hydroxylation sites is 2. The Bertz CT molecular complexity index is 1710. The molecule has 4 aromatic rings. The molecule has 0 saturated heterocycles. The predicted molar refractivity (Wildman–Crippen MR) is 149 cm³/mol. The molecular weight excluding hydrogens is 524 g/mol. The van der Waals surface area contributed by atoms with E-state index in [-0.39, 0.29) is 43.1 Å². The van der Waals surface area contributed by atoms with Crippen LogP contribution < -0.4 is 0 Å². The normalized spacial score (nSPS) is 14.7. The van der Waals surface area contributed by atoms with Crippen molar-refractivity contribution >= 4 is 34.8 Å². The minimum atomic E-state index is -0.687. The van der Waals surface area contributed by atoms with Crippen LogP contribution in [-0.4, -0.2) is 58.8 Å². The number of nitrogens with zero attached hydrogens (tertiary/aromatic N) is 4. The Kier molecular flexibility index (Phi) is 7.90. The largest absolute Gasteiger partial charge is 0.463 e. The first-order valence-corrected chi connectivity index (χ1v) is 12.9. The van der Waals surface area contributed by atoms with Crippen LogP contribution in [0.15, 0.2) is 88.0 Å². The number of furan rings is 1. The topological polar surface area (TPSA) is 128 Å². The standard InChI is InChI=1S/C31H26N4O6/c1-20-25(30(37)34(31(38)26(20)18-32)12-13-39-14-15-40-21(2)36)16-23-19-35(24-9-4-3-5-10-24)33-29(23)28-17-22-8-6-7-11-27(22)41-28/h3-11,16-17,19H,12-15H2,1-2H3/b25-16+. The molecule has 41 heavy (non-hydrogen) atoms. The first-order valence-electron chi connectivity index (χ1n) is 12.9. The first kappa shape index (κ1) is 27.3. The molecule has 0 spiro atoms. The summed E-state index contributed by atoms with van der Waals surface area (Å²) in [7, 11) is 0. The van der Waals surface area contributed by atoms with Crippen molar-refractivity contribution in [1.29, 1.82) is 5.26 Å². The summed E-state index contributed by atoms with van der Waals surface area (Å²) in [5, 5.41) is 15.4. The highest BCUT2D eigenvalue weighted by Crippen LogP contribution is 2.33. The Labute approximate surface area is 235 Å². The number of imide groups is 1. The van der Waals surface area contributed by atoms with Crippen LogP contribution in [0.5, 0.6) is 0 Å². The Balaban J connectivity index is 1.52. The maximum absolute atomic E-state index is 13.6. The van der Waals surface area contributed by atoms with E-state index < -0.39 is 17.8 Å². The summed E-state index contributed by atoms with van der Waals surface area (Å²) in [5.41, 5.74) is 2.89. The lowest BCUT2D eigenvalue weighted by molar-refractivity contribution is -0.142. The second kappa shape index (κ2) is 11.9. The van der Waals surface area contributed by atoms with Gasteiger partial charge in [0.1, 0.15) is 29.5 Å². The van der Waals surface area contributed by atoms with Crippen LogP contribution in [0.3, 0.4) is 0 Å². The van der Waals surface area contributed by atoms with Crippen LogP contribution in [-0.2, 0) is 23.9 Å². The van der Waals surface area contributed by atoms with Crippen molar-refractivity contribution < 1.29 is 28.3 Å². The molecule has 3 heterocycles. The second-order valence-corrected chi connectivity index (χ2v) is 9.25. The summed E-state index contributed by atoms with van der Waals surface area (Å²) in [5.74, 6) is -1.17. The zero-order chi connectivity index (χ0) is 28.9. The lowest BCUT2D eigenvalue weighted by Crippen LogP contribution is -2.44. The molecule has 2 aromatic heterocycles. The molecule has 0 radical (unpaired) electrons. The maximum Gasteiger partial charge on any atom is 0.302 e. The predicted octanol–water partition coefficient (Wildman–Crippen LogP) is 4.46. The number of benzene rings is 2. The van der Waals surface area contributed by atoms with Gasteiger partial charge in [-0.05, 0) is 42.8 Å². The van der Waals surface area contributed by atoms with Crippen molar-refractivity contribution in [2.75, 3.05) is 26.4 Å². The third-order valence-electron chi connectivity index (χ3n) is 6.54. The third kappa shape index (κ3) is 5.71. The first-order chi connectivity index (χ1) is 19.9. The molecule has 0 saturated carbocycles. The molecule has 2 amide bonds. The van der Waals surface area contributed by atoms with Gasteiger partial charge in [0.2, 0.25) is 0 Å². The molecule has 0 N–H and O–H groups in total. The van der Waals surface area contributed by atoms with Gasteiger partial charge in [-0.25, -0.2) is 4.68 Å². The monoisotopic (exact) mass is 550 g/mol. The number of fused-ring (bicyclic) bond motifs is 1. The van der Waals surface area contributed by atoms with Crippen LogP contribution >= 0.6 is 0 Å². The minimum Gasteiger partial charge on any atom is -0.463 e. The van der Waals surface area contributed by atoms with Crippen molar-refractivity contribution in [3.05, 3.63) is 89.1 Å². The molecule has 0 bridgehead atoms. The molecule has 10 heteroatoms. The number of carbonyl (C=O) groups excluding carboxylic acids is 3. The molecule has 1 aliphatic rings. The van der Waals surface area contributed by atoms with Crippen molar-refractivity contribution in [2.45, 2.75) is 13.8 Å². The van der Waals surface area contributed by atoms with Gasteiger partial charge in [0, 0.05) is 29.6 Å². The summed E-state index contributed by atoms with van der Waals surface area (Å²) in [6.45, 7) is 2.97. The maximum atomic E-state index is 13.6. The zero-order valence-corrected chi connectivity index (χ0v) is 22.5. The number of carbonyl (C=O) groups is 3. The van der Waals surface area contributed by atoms with Crippen LogP contribution in [0.1, 0.15) is 19.4 Å². The fourth-order valence-electron chi connectivity index (χ4n) is 4.49. The fraction of sp³-hybridized carbons (Fsp3) is 0.194. The Hall–Kier alpha value is -5.27. The number of hydrogen-bond donors (Lipinski definition) is 0. The van der Waals surface area contributed by atoms with Gasteiger partial charge in [-0.2, -0.15) is 10.4 Å². The van der Waals surface area contributed by atoms with E-state index in [1.807, 2.05) is 66.7 Å². The molecular formula is C31H26N4O6. The number of rotatable bonds is 9. The van der Waals surface area contributed by atoms with E-state index in [0.717, 1.165) is 16.0 Å². The smallest absolute Gasteiger partial charge is 0.302 e. The molecule has 206 valence electrons. The van der Waals surface area contributed by atoms with E-state index in [9.17, 15) is 19.6 Å². The molecule has 0 unspecified atom stereocenters. The lowest BCUT2D eigenvalue weighted by Gasteiger charge is -2.27. The lowest BCUT2D eigenvalue weighted by atomic mass is 9.93. The number of nitriles is 1. The Morgan fingerprint density at radius 3 is 2.54 bits per heavy atom. The number of hydrogen-bond acceptors (Lipinski definition) is 8. The highest BCUT2D eigenvalue weighted by molar-refractivity contribution is 6.19. The average molecular weight is 551 g/mol. The van der Waals surface area contributed by atoms with Gasteiger partial charge in [0.25, 0.3) is 11.8 Å². The van der Waals surface area contributed by atoms with Gasteiger partial charge in [-0.1, -0.05) is 36.4 Å². The highest BCUT2D eigenvalue weighted by atomic mass is 16.6. The number of amides is 2. The van der Waals surface area contributed by atoms with E-state index in [4.69, 9.17) is 19.0 Å². The summed E-state index contributed by atoms with van der Waals surface area (Å²) in [6, 6.07) is 20.9. The van der Waals surface area contributed by atoms with E-state index in [1.165, 1.54) is 6.92 Å². The van der Waals surface area contributed by atoms with Crippen LogP contribution in [0, 0.1) is 11.3 Å². The van der Waals surface area contributed by atoms with Crippen molar-refractivity contribution in [2.24, 2.45) is 0 Å². The van der Waals surface area contributed by atoms with Gasteiger partial charge in [-0.15, -0.1) is 0 Å². The summed E-state index contributed by atoms with van der Waals surface area (Å²) in [6.07, 6.45) is 3.40. The second-order valence-electron chi connectivity index (χ2n) is 9.25. The quantitative estimate of drug-likeness (QED) is 0.129. The number of ether oxygens (including phenoxy) is 2. The highest BCUT2D eigenvalue weighted by Gasteiger charge is 2.35. The molecule has 1 aliphatic heterocycles. The van der Waals surface area contributed by atoms with Crippen LogP contribution in [0.4, 0.5) is 0 Å². The van der Waals surface area contributed by atoms with Crippen LogP contribution in [0.25, 0.3) is 34.2 Å². The van der Waals surface area contributed by atoms with Crippen LogP contribution in [0.2, 0.25) is 0 Å². The summed E-state index contributed by atoms with van der Waals surface area (Å²) >= 11 is 0. The number of esters is 1. The van der Waals surface area contributed by atoms with E-state index in [1.54, 1.807) is 23.9 Å².